The lowest BCUT2D eigenvalue weighted by Gasteiger charge is -2.18. The summed E-state index contributed by atoms with van der Waals surface area (Å²) >= 11 is 6.00. The molecule has 0 N–H and O–H groups in total. The van der Waals surface area contributed by atoms with Crippen molar-refractivity contribution in [2.45, 2.75) is 33.6 Å². The molecule has 1 heterocycles. The van der Waals surface area contributed by atoms with Crippen LogP contribution in [0.25, 0.3) is 22.3 Å². The van der Waals surface area contributed by atoms with E-state index in [1.54, 1.807) is 24.4 Å². The number of hydrogen-bond acceptors (Lipinski definition) is 4. The molecule has 0 spiro atoms. The molecule has 168 valence electrons. The summed E-state index contributed by atoms with van der Waals surface area (Å²) in [5, 5.41) is 5.71. The molecule has 0 bridgehead atoms. The van der Waals surface area contributed by atoms with E-state index in [1.165, 1.54) is 4.68 Å². The van der Waals surface area contributed by atoms with Crippen molar-refractivity contribution in [2.24, 2.45) is 5.10 Å². The molecule has 6 heteroatoms. The third-order valence-electron chi connectivity index (χ3n) is 5.47. The van der Waals surface area contributed by atoms with Gasteiger partial charge in [-0.05, 0) is 72.9 Å². The molecule has 0 unspecified atom stereocenters. The summed E-state index contributed by atoms with van der Waals surface area (Å²) in [5.74, 6) is 1.59. The normalized spacial score (nSPS) is 11.6. The molecule has 5 nitrogen and oxygen atoms in total. The molecule has 4 aromatic rings. The Kier molecular flexibility index (Phi) is 6.61. The molecule has 1 aromatic heterocycles. The lowest BCUT2D eigenvalue weighted by atomic mass is 9.96. The van der Waals surface area contributed by atoms with Crippen LogP contribution < -0.4 is 10.3 Å². The summed E-state index contributed by atoms with van der Waals surface area (Å²) < 4.78 is 7.26. The first-order valence-corrected chi connectivity index (χ1v) is 11.4. The van der Waals surface area contributed by atoms with Crippen molar-refractivity contribution >= 4 is 28.7 Å². The number of rotatable bonds is 6. The Labute approximate surface area is 198 Å². The second-order valence-corrected chi connectivity index (χ2v) is 8.59. The van der Waals surface area contributed by atoms with E-state index in [9.17, 15) is 4.79 Å². The van der Waals surface area contributed by atoms with Crippen molar-refractivity contribution in [2.75, 3.05) is 6.61 Å². The van der Waals surface area contributed by atoms with Crippen LogP contribution in [0.4, 0.5) is 0 Å². The van der Waals surface area contributed by atoms with Gasteiger partial charge in [0.05, 0.1) is 23.7 Å². The summed E-state index contributed by atoms with van der Waals surface area (Å²) in [6.07, 6.45) is 1.64. The summed E-state index contributed by atoms with van der Waals surface area (Å²) in [6.45, 7) is 8.80. The minimum absolute atomic E-state index is 0.222. The van der Waals surface area contributed by atoms with Crippen LogP contribution in [-0.2, 0) is 0 Å². The van der Waals surface area contributed by atoms with E-state index in [2.05, 4.69) is 25.0 Å². The van der Waals surface area contributed by atoms with Crippen molar-refractivity contribution in [3.05, 3.63) is 92.7 Å². The highest BCUT2D eigenvalue weighted by Crippen LogP contribution is 2.34. The van der Waals surface area contributed by atoms with E-state index in [1.807, 2.05) is 50.2 Å². The number of nitrogens with zero attached hydrogens (tertiary/aromatic N) is 3. The Balaban J connectivity index is 1.97. The topological polar surface area (TPSA) is 56.5 Å². The van der Waals surface area contributed by atoms with Crippen LogP contribution >= 0.6 is 11.6 Å². The number of fused-ring (bicyclic) bond motifs is 1. The molecule has 0 aliphatic heterocycles. The van der Waals surface area contributed by atoms with Crippen LogP contribution in [0.3, 0.4) is 0 Å². The van der Waals surface area contributed by atoms with Gasteiger partial charge >= 0.3 is 0 Å². The van der Waals surface area contributed by atoms with Crippen LogP contribution in [0.15, 0.2) is 70.6 Å². The van der Waals surface area contributed by atoms with Gasteiger partial charge in [-0.2, -0.15) is 9.78 Å². The molecule has 0 fully saturated rings. The number of aryl methyl sites for hydroxylation is 1. The zero-order chi connectivity index (χ0) is 23.5. The molecule has 0 aliphatic rings. The minimum atomic E-state index is -0.222. The van der Waals surface area contributed by atoms with E-state index in [-0.39, 0.29) is 11.5 Å². The molecule has 0 radical (unpaired) electrons. The third-order valence-corrected chi connectivity index (χ3v) is 5.72. The minimum Gasteiger partial charge on any atom is -0.494 e. The van der Waals surface area contributed by atoms with Crippen LogP contribution in [0.5, 0.6) is 5.75 Å². The number of benzene rings is 3. The van der Waals surface area contributed by atoms with Gasteiger partial charge in [0.25, 0.3) is 5.56 Å². The van der Waals surface area contributed by atoms with Crippen LogP contribution in [0.2, 0.25) is 5.02 Å². The fraction of sp³-hybridized carbons (Fsp3) is 0.222. The molecule has 0 amide bonds. The van der Waals surface area contributed by atoms with Crippen molar-refractivity contribution in [1.29, 1.82) is 0 Å². The number of ether oxygens (including phenoxy) is 1. The standard InChI is InChI=1S/C27H26ClN3O2/c1-5-33-25-14-18(4)23(15-22(25)17(2)3)26-30-24-9-7-6-8-21(24)27(32)31(26)29-16-19-10-12-20(28)13-11-19/h6-17H,5H2,1-4H3. The SMILES string of the molecule is CCOc1cc(C)c(-c2nc3ccccc3c(=O)n2N=Cc2ccc(Cl)cc2)cc1C(C)C. The quantitative estimate of drug-likeness (QED) is 0.312. The zero-order valence-electron chi connectivity index (χ0n) is 19.2. The Morgan fingerprint density at radius 1 is 1.12 bits per heavy atom. The number of aromatic nitrogens is 2. The first-order chi connectivity index (χ1) is 15.9. The summed E-state index contributed by atoms with van der Waals surface area (Å²) in [5.41, 5.74) is 4.11. The van der Waals surface area contributed by atoms with Gasteiger partial charge < -0.3 is 4.74 Å². The third kappa shape index (κ3) is 4.69. The number of halogens is 1. The molecule has 0 atom stereocenters. The number of hydrogen-bond donors (Lipinski definition) is 0. The lowest BCUT2D eigenvalue weighted by Crippen LogP contribution is -2.20. The van der Waals surface area contributed by atoms with Crippen molar-refractivity contribution in [3.63, 3.8) is 0 Å². The maximum absolute atomic E-state index is 13.5. The fourth-order valence-electron chi connectivity index (χ4n) is 3.75. The zero-order valence-corrected chi connectivity index (χ0v) is 19.9. The van der Waals surface area contributed by atoms with Crippen molar-refractivity contribution < 1.29 is 4.74 Å². The van der Waals surface area contributed by atoms with Gasteiger partial charge in [0.15, 0.2) is 5.82 Å². The van der Waals surface area contributed by atoms with Gasteiger partial charge in [-0.25, -0.2) is 4.98 Å². The Morgan fingerprint density at radius 2 is 1.85 bits per heavy atom. The average Bonchev–Trinajstić information content (AvgIpc) is 2.80. The highest BCUT2D eigenvalue weighted by atomic mass is 35.5. The second-order valence-electron chi connectivity index (χ2n) is 8.16. The van der Waals surface area contributed by atoms with Gasteiger partial charge in [0.1, 0.15) is 5.75 Å². The van der Waals surface area contributed by atoms with Gasteiger partial charge in [0.2, 0.25) is 0 Å². The molecule has 0 saturated carbocycles. The van der Waals surface area contributed by atoms with Gasteiger partial charge in [-0.1, -0.05) is 49.7 Å². The van der Waals surface area contributed by atoms with Gasteiger partial charge in [-0.3, -0.25) is 4.79 Å². The van der Waals surface area contributed by atoms with Crippen LogP contribution in [0.1, 0.15) is 43.4 Å². The smallest absolute Gasteiger partial charge is 0.282 e. The first kappa shape index (κ1) is 22.7. The highest BCUT2D eigenvalue weighted by molar-refractivity contribution is 6.30. The summed E-state index contributed by atoms with van der Waals surface area (Å²) in [6, 6.07) is 18.7. The van der Waals surface area contributed by atoms with E-state index < -0.39 is 0 Å². The van der Waals surface area contributed by atoms with E-state index in [0.717, 1.165) is 28.0 Å². The predicted octanol–water partition coefficient (Wildman–Crippen LogP) is 6.43. The maximum Gasteiger partial charge on any atom is 0.282 e. The Morgan fingerprint density at radius 3 is 2.55 bits per heavy atom. The molecular formula is C27H26ClN3O2. The summed E-state index contributed by atoms with van der Waals surface area (Å²) in [7, 11) is 0. The average molecular weight is 460 g/mol. The number of para-hydroxylation sites is 1. The molecule has 0 aliphatic carbocycles. The monoisotopic (exact) mass is 459 g/mol. The predicted molar refractivity (Wildman–Crippen MR) is 136 cm³/mol. The highest BCUT2D eigenvalue weighted by Gasteiger charge is 2.18. The van der Waals surface area contributed by atoms with Crippen LogP contribution in [0, 0.1) is 6.92 Å². The second kappa shape index (κ2) is 9.59. The van der Waals surface area contributed by atoms with Crippen molar-refractivity contribution in [3.8, 4) is 17.1 Å². The molecule has 33 heavy (non-hydrogen) atoms. The lowest BCUT2D eigenvalue weighted by molar-refractivity contribution is 0.335. The molecular weight excluding hydrogens is 434 g/mol. The van der Waals surface area contributed by atoms with E-state index in [0.29, 0.717) is 28.4 Å². The molecule has 3 aromatic carbocycles. The van der Waals surface area contributed by atoms with E-state index in [4.69, 9.17) is 21.3 Å². The van der Waals surface area contributed by atoms with Gasteiger partial charge in [0, 0.05) is 10.6 Å². The Hall–Kier alpha value is -3.44. The maximum atomic E-state index is 13.5. The molecule has 4 rings (SSSR count). The molecule has 0 saturated heterocycles. The largest absolute Gasteiger partial charge is 0.494 e. The van der Waals surface area contributed by atoms with Crippen LogP contribution in [-0.4, -0.2) is 22.5 Å². The van der Waals surface area contributed by atoms with Crippen molar-refractivity contribution in [1.82, 2.24) is 9.66 Å². The summed E-state index contributed by atoms with van der Waals surface area (Å²) in [4.78, 5) is 18.3. The van der Waals surface area contributed by atoms with E-state index >= 15 is 0 Å². The van der Waals surface area contributed by atoms with Gasteiger partial charge in [-0.15, -0.1) is 0 Å². The first-order valence-electron chi connectivity index (χ1n) is 11.0. The fourth-order valence-corrected chi connectivity index (χ4v) is 3.88. The Bertz CT molecular complexity index is 1390.